The van der Waals surface area contributed by atoms with Gasteiger partial charge in [-0.25, -0.2) is 0 Å². The number of benzene rings is 3. The van der Waals surface area contributed by atoms with Crippen LogP contribution < -0.4 is 24.3 Å². The van der Waals surface area contributed by atoms with Crippen LogP contribution >= 0.6 is 75.3 Å². The maximum absolute atomic E-state index is 9.58. The van der Waals surface area contributed by atoms with E-state index < -0.39 is 0 Å². The molecule has 3 saturated heterocycles. The molecule has 0 spiro atoms. The van der Waals surface area contributed by atoms with E-state index in [2.05, 4.69) is 92.7 Å². The number of phenolic OH excluding ortho intramolecular Hbond substituents is 2. The summed E-state index contributed by atoms with van der Waals surface area (Å²) in [6.07, 6.45) is 8.16. The molecule has 6 N–H and O–H groups in total. The van der Waals surface area contributed by atoms with Crippen LogP contribution in [-0.2, 0) is 32.7 Å². The molecule has 0 aliphatic carbocycles. The standard InChI is InChI=1S/C20H31BrN2O4.C13H18BrO2.C6H5BrO2.C4H9NO.C3H6BrCl.CH4.Y/c21-16-3-4-19(26-11-1-7-22-9-5-17(24)14-22)20(13-16)27-12-2-8-23-10-6-18(25)15-23;1-3-5-9-16-12-7-6-11(14)10-13(12)15-8-4-2;7-4-1-2-5(8)6(9)3-4;6-4-1-2-5-3-4;4-2-1-3-5;;/h3-4,13,17-18,24-25H,1-2,5-12,14-15H2;6-7,10H,2-5,8-9H2,1H3;1-3,8-9H;4-6H,1-3H2;1-3H2;1H4;/q;-1;;;;;/t17-,18-;;;4-;;;/m1..1.../s1. The van der Waals surface area contributed by atoms with E-state index in [-0.39, 0.29) is 69.9 Å². The van der Waals surface area contributed by atoms with Crippen LogP contribution in [0.3, 0.4) is 0 Å². The second kappa shape index (κ2) is 40.3. The molecule has 3 aliphatic rings. The molecule has 369 valence electrons. The molecule has 3 aromatic rings. The first-order valence-corrected chi connectivity index (χ1v) is 25.8. The Morgan fingerprint density at radius 2 is 1.14 bits per heavy atom. The molecule has 3 aromatic carbocycles. The molecule has 1 radical (unpaired) electrons. The fourth-order valence-electron chi connectivity index (χ4n) is 6.09. The Hall–Kier alpha value is -0.466. The first-order valence-electron chi connectivity index (χ1n) is 21.8. The van der Waals surface area contributed by atoms with Gasteiger partial charge in [0.25, 0.3) is 0 Å². The minimum atomic E-state index is -0.167. The average Bonchev–Trinajstić information content (AvgIpc) is 4.04. The number of likely N-dealkylation sites (tertiary alicyclic amines) is 2. The van der Waals surface area contributed by atoms with Crippen molar-refractivity contribution in [3.8, 4) is 34.5 Å². The molecular weight excluding hydrogens is 1190 g/mol. The summed E-state index contributed by atoms with van der Waals surface area (Å²) in [4.78, 5) is 4.56. The summed E-state index contributed by atoms with van der Waals surface area (Å²) in [5.74, 6) is 3.70. The fraction of sp³-hybridized carbons (Fsp3) is 0.596. The Kier molecular flexibility index (Phi) is 40.0. The molecule has 18 heteroatoms. The monoisotopic (exact) mass is 1260 g/mol. The number of nitrogens with zero attached hydrogens (tertiary/aromatic N) is 2. The van der Waals surface area contributed by atoms with E-state index in [1.54, 1.807) is 6.07 Å². The summed E-state index contributed by atoms with van der Waals surface area (Å²) < 4.78 is 25.9. The summed E-state index contributed by atoms with van der Waals surface area (Å²) >= 11 is 18.5. The maximum Gasteiger partial charge on any atom is 0.162 e. The van der Waals surface area contributed by atoms with Crippen molar-refractivity contribution in [2.75, 3.05) is 90.0 Å². The Bertz CT molecular complexity index is 1640. The Labute approximate surface area is 453 Å². The van der Waals surface area contributed by atoms with Crippen molar-refractivity contribution in [3.05, 3.63) is 74.9 Å². The average molecular weight is 1270 g/mol. The second-order valence-electron chi connectivity index (χ2n) is 15.0. The van der Waals surface area contributed by atoms with Crippen LogP contribution in [0.1, 0.15) is 72.1 Å². The number of aliphatic hydroxyl groups excluding tert-OH is 3. The molecule has 65 heavy (non-hydrogen) atoms. The third-order valence-electron chi connectivity index (χ3n) is 9.46. The Balaban J connectivity index is 0.000000908. The van der Waals surface area contributed by atoms with E-state index in [0.717, 1.165) is 164 Å². The predicted molar refractivity (Wildman–Crippen MR) is 275 cm³/mol. The van der Waals surface area contributed by atoms with Gasteiger partial charge in [-0.3, -0.25) is 0 Å². The molecule has 0 unspecified atom stereocenters. The number of ether oxygens (including phenoxy) is 4. The third-order valence-corrected chi connectivity index (χ3v) is 11.8. The molecule has 3 aliphatic heterocycles. The van der Waals surface area contributed by atoms with Crippen LogP contribution in [0.15, 0.2) is 68.0 Å². The van der Waals surface area contributed by atoms with Gasteiger partial charge in [-0.15, -0.1) is 18.0 Å². The number of nitrogens with one attached hydrogen (secondary N) is 1. The summed E-state index contributed by atoms with van der Waals surface area (Å²) in [5.41, 5.74) is 0. The van der Waals surface area contributed by atoms with Crippen molar-refractivity contribution in [2.45, 2.75) is 90.4 Å². The quantitative estimate of drug-likeness (QED) is 0.0293. The second-order valence-corrected chi connectivity index (χ2v) is 18.9. The van der Waals surface area contributed by atoms with E-state index in [0.29, 0.717) is 19.8 Å². The SMILES string of the molecule is C.ClCCCBr.O[C@@H]1CCN(CCCOc2ccc(Br)cc2OCCCN2CC[C@@H](O)C2)C1.O[C@@H]1CCNC1.Oc1ccc(Br)cc1O.[CH2-]CCOc1cc(Br)ccc1OCCCC.[Y]. The smallest absolute Gasteiger partial charge is 0.162 e. The van der Waals surface area contributed by atoms with Gasteiger partial charge in [0, 0.05) is 103 Å². The number of rotatable bonds is 19. The Morgan fingerprint density at radius 3 is 1.49 bits per heavy atom. The third kappa shape index (κ3) is 30.7. The zero-order valence-electron chi connectivity index (χ0n) is 37.1. The number of hydrogen-bond acceptors (Lipinski definition) is 12. The van der Waals surface area contributed by atoms with Crippen molar-refractivity contribution in [1.82, 2.24) is 15.1 Å². The van der Waals surface area contributed by atoms with Gasteiger partial charge in [0.2, 0.25) is 0 Å². The van der Waals surface area contributed by atoms with Gasteiger partial charge < -0.3 is 66.5 Å². The zero-order valence-corrected chi connectivity index (χ0v) is 47.1. The number of hydrogen-bond donors (Lipinski definition) is 6. The molecule has 3 fully saturated rings. The number of phenols is 2. The van der Waals surface area contributed by atoms with Crippen LogP contribution in [0.25, 0.3) is 0 Å². The van der Waals surface area contributed by atoms with Crippen LogP contribution in [0.5, 0.6) is 34.5 Å². The molecule has 12 nitrogen and oxygen atoms in total. The van der Waals surface area contributed by atoms with Gasteiger partial charge in [0.1, 0.15) is 0 Å². The van der Waals surface area contributed by atoms with E-state index in [1.807, 2.05) is 36.4 Å². The number of aliphatic hydroxyl groups is 3. The summed E-state index contributed by atoms with van der Waals surface area (Å²) in [6.45, 7) is 15.7. The van der Waals surface area contributed by atoms with E-state index in [9.17, 15) is 10.2 Å². The minimum Gasteiger partial charge on any atom is -0.504 e. The van der Waals surface area contributed by atoms with Gasteiger partial charge >= 0.3 is 0 Å². The number of alkyl halides is 2. The molecule has 0 bridgehead atoms. The molecule has 0 aromatic heterocycles. The van der Waals surface area contributed by atoms with Crippen molar-refractivity contribution in [3.63, 3.8) is 0 Å². The largest absolute Gasteiger partial charge is 0.504 e. The maximum atomic E-state index is 9.58. The summed E-state index contributed by atoms with van der Waals surface area (Å²) in [6, 6.07) is 16.2. The predicted octanol–water partition coefficient (Wildman–Crippen LogP) is 10.2. The molecule has 6 rings (SSSR count). The van der Waals surface area contributed by atoms with Crippen molar-refractivity contribution in [1.29, 1.82) is 0 Å². The normalized spacial score (nSPS) is 17.5. The topological polar surface area (TPSA) is 157 Å². The van der Waals surface area contributed by atoms with Gasteiger partial charge in [-0.05, 0) is 106 Å². The van der Waals surface area contributed by atoms with Crippen molar-refractivity contribution < 1.29 is 77.2 Å². The van der Waals surface area contributed by atoms with Gasteiger partial charge in [0.15, 0.2) is 34.5 Å². The molecule has 0 amide bonds. The van der Waals surface area contributed by atoms with E-state index in [4.69, 9.17) is 45.9 Å². The van der Waals surface area contributed by atoms with Crippen LogP contribution in [-0.4, -0.2) is 144 Å². The van der Waals surface area contributed by atoms with Gasteiger partial charge in [-0.1, -0.05) is 84.5 Å². The zero-order chi connectivity index (χ0) is 46.2. The van der Waals surface area contributed by atoms with Gasteiger partial charge in [0.05, 0.1) is 44.7 Å². The number of halogens is 5. The van der Waals surface area contributed by atoms with Crippen LogP contribution in [0.4, 0.5) is 0 Å². The van der Waals surface area contributed by atoms with E-state index in [1.165, 1.54) is 12.1 Å². The van der Waals surface area contributed by atoms with Crippen LogP contribution in [0.2, 0.25) is 0 Å². The number of aromatic hydroxyl groups is 2. The summed E-state index contributed by atoms with van der Waals surface area (Å²) in [5, 5.41) is 49.5. The molecule has 0 saturated carbocycles. The first kappa shape index (κ1) is 64.5. The van der Waals surface area contributed by atoms with Crippen LogP contribution in [0, 0.1) is 6.92 Å². The molecule has 3 atom stereocenters. The molecular formula is C47H73Br4ClN3O9Y-. The number of β-amino-alcohol motifs (C(OH)–C–C–N with tert-alkyl or cyclic N) is 3. The van der Waals surface area contributed by atoms with Crippen molar-refractivity contribution >= 4 is 75.3 Å². The first-order chi connectivity index (χ1) is 30.4. The number of unbranched alkanes of at least 4 members (excludes halogenated alkanes) is 1. The minimum absolute atomic E-state index is 0. The fourth-order valence-corrected chi connectivity index (χ4v) is 7.86. The summed E-state index contributed by atoms with van der Waals surface area (Å²) in [7, 11) is 0. The van der Waals surface area contributed by atoms with E-state index >= 15 is 0 Å². The Morgan fingerprint density at radius 1 is 0.662 bits per heavy atom. The van der Waals surface area contributed by atoms with Crippen molar-refractivity contribution in [2.24, 2.45) is 0 Å². The van der Waals surface area contributed by atoms with Gasteiger partial charge in [-0.2, -0.15) is 0 Å². The molecule has 3 heterocycles.